The number of hydrogen-bond acceptors (Lipinski definition) is 3. The van der Waals surface area contributed by atoms with Gasteiger partial charge >= 0.3 is 0 Å². The molecule has 4 nitrogen and oxygen atoms in total. The molecule has 1 heterocycles. The van der Waals surface area contributed by atoms with Crippen LogP contribution in [-0.2, 0) is 0 Å². The Morgan fingerprint density at radius 2 is 1.92 bits per heavy atom. The average Bonchev–Trinajstić information content (AvgIpc) is 2.56. The molecular weight excluding hydrogens is 232 g/mol. The van der Waals surface area contributed by atoms with Crippen LogP contribution >= 0.6 is 15.9 Å². The molecule has 0 aliphatic heterocycles. The van der Waals surface area contributed by atoms with Gasteiger partial charge in [0, 0.05) is 10.2 Å². The molecule has 0 atom stereocenters. The van der Waals surface area contributed by atoms with Crippen molar-refractivity contribution in [2.45, 2.75) is 0 Å². The molecule has 2 rings (SSSR count). The van der Waals surface area contributed by atoms with Crippen LogP contribution in [0.4, 0.5) is 5.69 Å². The van der Waals surface area contributed by atoms with Gasteiger partial charge in [0.1, 0.15) is 0 Å². The van der Waals surface area contributed by atoms with E-state index in [1.807, 2.05) is 18.2 Å². The molecule has 1 aromatic heterocycles. The van der Waals surface area contributed by atoms with Gasteiger partial charge in [-0.3, -0.25) is 0 Å². The molecule has 1 aromatic carbocycles. The van der Waals surface area contributed by atoms with Crippen LogP contribution in [0.3, 0.4) is 0 Å². The molecule has 0 saturated heterocycles. The van der Waals surface area contributed by atoms with E-state index >= 15 is 0 Å². The monoisotopic (exact) mass is 238 g/mol. The largest absolute Gasteiger partial charge is 0.399 e. The molecule has 0 spiro atoms. The molecule has 5 heteroatoms. The molecule has 0 radical (unpaired) electrons. The van der Waals surface area contributed by atoms with Crippen LogP contribution < -0.4 is 5.73 Å². The average molecular weight is 239 g/mol. The third kappa shape index (κ3) is 1.55. The summed E-state index contributed by atoms with van der Waals surface area (Å²) < 4.78 is 0.878. The maximum Gasteiger partial charge on any atom is 0.0999 e. The summed E-state index contributed by atoms with van der Waals surface area (Å²) in [6.45, 7) is 0. The van der Waals surface area contributed by atoms with Crippen molar-refractivity contribution in [2.75, 3.05) is 5.73 Å². The second-order valence-corrected chi connectivity index (χ2v) is 3.38. The molecule has 13 heavy (non-hydrogen) atoms. The van der Waals surface area contributed by atoms with Crippen molar-refractivity contribution in [3.63, 3.8) is 0 Å². The van der Waals surface area contributed by atoms with Crippen LogP contribution in [0.1, 0.15) is 0 Å². The van der Waals surface area contributed by atoms with Crippen LogP contribution in [0.5, 0.6) is 0 Å². The highest BCUT2D eigenvalue weighted by Gasteiger charge is 2.02. The van der Waals surface area contributed by atoms with Crippen LogP contribution in [0.15, 0.2) is 35.1 Å². The predicted octanol–water partition coefficient (Wildman–Crippen LogP) is 1.61. The lowest BCUT2D eigenvalue weighted by Crippen LogP contribution is -1.99. The Bertz CT molecular complexity index is 410. The molecule has 0 aliphatic rings. The fourth-order valence-corrected chi connectivity index (χ4v) is 1.58. The zero-order valence-corrected chi connectivity index (χ0v) is 8.27. The second-order valence-electron chi connectivity index (χ2n) is 2.53. The van der Waals surface area contributed by atoms with E-state index in [2.05, 4.69) is 26.1 Å². The molecule has 0 fully saturated rings. The Labute approximate surface area is 83.5 Å². The standard InChI is InChI=1S/C8H7BrN4/c9-7-5-6(10)1-2-8(7)13-11-3-4-12-13/h1-5H,10H2. The van der Waals surface area contributed by atoms with E-state index in [4.69, 9.17) is 5.73 Å². The normalized spacial score (nSPS) is 10.2. The Balaban J connectivity index is 2.53. The lowest BCUT2D eigenvalue weighted by atomic mass is 10.3. The van der Waals surface area contributed by atoms with Crippen LogP contribution in [0.25, 0.3) is 5.69 Å². The summed E-state index contributed by atoms with van der Waals surface area (Å²) in [6.07, 6.45) is 3.26. The first kappa shape index (κ1) is 8.25. The van der Waals surface area contributed by atoms with Crippen LogP contribution in [0, 0.1) is 0 Å². The number of nitrogens with zero attached hydrogens (tertiary/aromatic N) is 3. The van der Waals surface area contributed by atoms with E-state index < -0.39 is 0 Å². The van der Waals surface area contributed by atoms with E-state index in [9.17, 15) is 0 Å². The Morgan fingerprint density at radius 3 is 2.54 bits per heavy atom. The van der Waals surface area contributed by atoms with Crippen molar-refractivity contribution in [1.29, 1.82) is 0 Å². The minimum absolute atomic E-state index is 0.711. The molecule has 66 valence electrons. The number of aromatic nitrogens is 3. The quantitative estimate of drug-likeness (QED) is 0.769. The van der Waals surface area contributed by atoms with Gasteiger partial charge in [-0.15, -0.1) is 0 Å². The number of nitrogens with two attached hydrogens (primary N) is 1. The van der Waals surface area contributed by atoms with E-state index in [0.717, 1.165) is 10.2 Å². The fourth-order valence-electron chi connectivity index (χ4n) is 1.03. The van der Waals surface area contributed by atoms with Crippen molar-refractivity contribution in [3.05, 3.63) is 35.1 Å². The summed E-state index contributed by atoms with van der Waals surface area (Å²) >= 11 is 3.39. The number of benzene rings is 1. The van der Waals surface area contributed by atoms with Crippen molar-refractivity contribution in [2.24, 2.45) is 0 Å². The predicted molar refractivity (Wildman–Crippen MR) is 53.5 cm³/mol. The SMILES string of the molecule is Nc1ccc(-n2nccn2)c(Br)c1. The number of anilines is 1. The molecule has 0 unspecified atom stereocenters. The maximum absolute atomic E-state index is 5.60. The molecule has 2 aromatic rings. The number of hydrogen-bond donors (Lipinski definition) is 1. The molecular formula is C8H7BrN4. The van der Waals surface area contributed by atoms with Crippen LogP contribution in [-0.4, -0.2) is 15.0 Å². The van der Waals surface area contributed by atoms with Gasteiger partial charge < -0.3 is 5.73 Å². The molecule has 0 amide bonds. The van der Waals surface area contributed by atoms with Gasteiger partial charge in [-0.25, -0.2) is 0 Å². The van der Waals surface area contributed by atoms with Gasteiger partial charge in [0.15, 0.2) is 0 Å². The Morgan fingerprint density at radius 1 is 1.23 bits per heavy atom. The minimum atomic E-state index is 0.711. The van der Waals surface area contributed by atoms with Crippen LogP contribution in [0.2, 0.25) is 0 Å². The molecule has 2 N–H and O–H groups in total. The van der Waals surface area contributed by atoms with Gasteiger partial charge in [0.25, 0.3) is 0 Å². The summed E-state index contributed by atoms with van der Waals surface area (Å²) in [5.74, 6) is 0. The number of rotatable bonds is 1. The van der Waals surface area contributed by atoms with E-state index in [0.29, 0.717) is 5.69 Å². The third-order valence-electron chi connectivity index (χ3n) is 1.61. The summed E-state index contributed by atoms with van der Waals surface area (Å²) in [5, 5.41) is 8.02. The maximum atomic E-state index is 5.60. The van der Waals surface area contributed by atoms with E-state index in [1.54, 1.807) is 12.4 Å². The third-order valence-corrected chi connectivity index (χ3v) is 2.24. The number of nitrogen functional groups attached to an aromatic ring is 1. The molecule has 0 aliphatic carbocycles. The van der Waals surface area contributed by atoms with Gasteiger partial charge in [-0.1, -0.05) is 0 Å². The highest BCUT2D eigenvalue weighted by molar-refractivity contribution is 9.10. The second kappa shape index (κ2) is 3.18. The lowest BCUT2D eigenvalue weighted by Gasteiger charge is -2.02. The first-order valence-electron chi connectivity index (χ1n) is 3.69. The van der Waals surface area contributed by atoms with Gasteiger partial charge in [0.2, 0.25) is 0 Å². The summed E-state index contributed by atoms with van der Waals surface area (Å²) in [7, 11) is 0. The van der Waals surface area contributed by atoms with Crippen molar-refractivity contribution < 1.29 is 0 Å². The molecule has 0 bridgehead atoms. The lowest BCUT2D eigenvalue weighted by molar-refractivity contribution is 0.749. The van der Waals surface area contributed by atoms with Gasteiger partial charge in [-0.2, -0.15) is 15.0 Å². The molecule has 0 saturated carbocycles. The van der Waals surface area contributed by atoms with Gasteiger partial charge in [-0.05, 0) is 34.1 Å². The van der Waals surface area contributed by atoms with Crippen molar-refractivity contribution >= 4 is 21.6 Å². The highest BCUT2D eigenvalue weighted by Crippen LogP contribution is 2.21. The summed E-state index contributed by atoms with van der Waals surface area (Å²) in [5.41, 5.74) is 7.19. The zero-order chi connectivity index (χ0) is 9.26. The van der Waals surface area contributed by atoms with Crippen molar-refractivity contribution in [3.8, 4) is 5.69 Å². The number of halogens is 1. The fraction of sp³-hybridized carbons (Fsp3) is 0. The summed E-state index contributed by atoms with van der Waals surface area (Å²) in [4.78, 5) is 1.53. The van der Waals surface area contributed by atoms with Crippen molar-refractivity contribution in [1.82, 2.24) is 15.0 Å². The highest BCUT2D eigenvalue weighted by atomic mass is 79.9. The van der Waals surface area contributed by atoms with E-state index in [-0.39, 0.29) is 0 Å². The topological polar surface area (TPSA) is 56.7 Å². The van der Waals surface area contributed by atoms with E-state index in [1.165, 1.54) is 4.80 Å². The zero-order valence-electron chi connectivity index (χ0n) is 6.68. The Hall–Kier alpha value is -1.36. The first-order valence-corrected chi connectivity index (χ1v) is 4.48. The summed E-state index contributed by atoms with van der Waals surface area (Å²) in [6, 6.07) is 5.49. The van der Waals surface area contributed by atoms with Gasteiger partial charge in [0.05, 0.1) is 18.1 Å². The smallest absolute Gasteiger partial charge is 0.0999 e. The minimum Gasteiger partial charge on any atom is -0.399 e. The Kier molecular flexibility index (Phi) is 2.02. The first-order chi connectivity index (χ1) is 6.27.